The molecule has 0 aliphatic rings. The summed E-state index contributed by atoms with van der Waals surface area (Å²) in [7, 11) is 0. The summed E-state index contributed by atoms with van der Waals surface area (Å²) in [6, 6.07) is 6.55. The summed E-state index contributed by atoms with van der Waals surface area (Å²) < 4.78 is 39.7. The molecule has 0 aromatic heterocycles. The van der Waals surface area contributed by atoms with Gasteiger partial charge < -0.3 is 10.1 Å². The van der Waals surface area contributed by atoms with E-state index in [0.717, 1.165) is 0 Å². The zero-order valence-corrected chi connectivity index (χ0v) is 9.98. The molecule has 18 heavy (non-hydrogen) atoms. The summed E-state index contributed by atoms with van der Waals surface area (Å²) in [6.07, 6.45) is -4.32. The minimum Gasteiger partial charge on any atom is -0.381 e. The van der Waals surface area contributed by atoms with E-state index in [1.54, 1.807) is 12.1 Å². The number of nitrogens with zero attached hydrogens (tertiary/aromatic N) is 1. The van der Waals surface area contributed by atoms with Crippen LogP contribution in [0.3, 0.4) is 0 Å². The molecule has 1 aromatic carbocycles. The Labute approximate surface area is 107 Å². The van der Waals surface area contributed by atoms with E-state index >= 15 is 0 Å². The van der Waals surface area contributed by atoms with Gasteiger partial charge in [0.25, 0.3) is 0 Å². The van der Waals surface area contributed by atoms with E-state index < -0.39 is 12.8 Å². The Kier molecular flexibility index (Phi) is 5.25. The first-order valence-corrected chi connectivity index (χ1v) is 5.38. The van der Waals surface area contributed by atoms with Crippen molar-refractivity contribution in [1.29, 1.82) is 5.26 Å². The molecule has 0 unspecified atom stereocenters. The number of anilines is 1. The second-order valence-corrected chi connectivity index (χ2v) is 3.81. The molecule has 0 atom stereocenters. The van der Waals surface area contributed by atoms with E-state index in [2.05, 4.69) is 10.1 Å². The average Bonchev–Trinajstić information content (AvgIpc) is 2.29. The molecular weight excluding hydrogens is 269 g/mol. The third kappa shape index (κ3) is 5.25. The summed E-state index contributed by atoms with van der Waals surface area (Å²) in [4.78, 5) is 0. The lowest BCUT2D eigenvalue weighted by Gasteiger charge is -2.10. The van der Waals surface area contributed by atoms with Gasteiger partial charge in [-0.1, -0.05) is 11.6 Å². The molecule has 0 amide bonds. The molecule has 0 aliphatic heterocycles. The predicted molar refractivity (Wildman–Crippen MR) is 61.5 cm³/mol. The van der Waals surface area contributed by atoms with Crippen LogP contribution in [0.1, 0.15) is 5.56 Å². The van der Waals surface area contributed by atoms with Crippen LogP contribution in [0.2, 0.25) is 5.02 Å². The second-order valence-electron chi connectivity index (χ2n) is 3.40. The predicted octanol–water partition coefficient (Wildman–Crippen LogP) is 3.20. The Morgan fingerprint density at radius 3 is 2.72 bits per heavy atom. The maximum atomic E-state index is 11.8. The van der Waals surface area contributed by atoms with Crippen LogP contribution in [0.15, 0.2) is 18.2 Å². The zero-order valence-electron chi connectivity index (χ0n) is 9.22. The van der Waals surface area contributed by atoms with Gasteiger partial charge in [0, 0.05) is 6.54 Å². The van der Waals surface area contributed by atoms with Gasteiger partial charge in [0.15, 0.2) is 0 Å². The number of alkyl halides is 3. The van der Waals surface area contributed by atoms with Gasteiger partial charge in [0.2, 0.25) is 0 Å². The van der Waals surface area contributed by atoms with Crippen molar-refractivity contribution in [2.24, 2.45) is 0 Å². The maximum absolute atomic E-state index is 11.8. The highest BCUT2D eigenvalue weighted by atomic mass is 35.5. The maximum Gasteiger partial charge on any atom is 0.411 e. The van der Waals surface area contributed by atoms with Crippen LogP contribution in [-0.2, 0) is 4.74 Å². The Morgan fingerprint density at radius 2 is 2.11 bits per heavy atom. The van der Waals surface area contributed by atoms with Crippen LogP contribution in [0.5, 0.6) is 0 Å². The molecule has 0 bridgehead atoms. The van der Waals surface area contributed by atoms with Crippen molar-refractivity contribution < 1.29 is 17.9 Å². The number of nitrogens with one attached hydrogen (secondary N) is 1. The van der Waals surface area contributed by atoms with Crippen molar-refractivity contribution in [2.45, 2.75) is 6.18 Å². The molecule has 0 fully saturated rings. The van der Waals surface area contributed by atoms with Crippen LogP contribution < -0.4 is 5.32 Å². The Morgan fingerprint density at radius 1 is 1.39 bits per heavy atom. The standard InChI is InChI=1S/C11H10ClF3N2O/c12-9-2-1-8(6-16)5-10(9)17-3-4-18-7-11(13,14)15/h1-2,5,17H,3-4,7H2. The van der Waals surface area contributed by atoms with E-state index in [9.17, 15) is 13.2 Å². The van der Waals surface area contributed by atoms with Gasteiger partial charge >= 0.3 is 6.18 Å². The monoisotopic (exact) mass is 278 g/mol. The van der Waals surface area contributed by atoms with Crippen LogP contribution in [0.4, 0.5) is 18.9 Å². The zero-order chi connectivity index (χ0) is 13.6. The minimum atomic E-state index is -4.32. The van der Waals surface area contributed by atoms with E-state index in [1.165, 1.54) is 6.07 Å². The molecule has 7 heteroatoms. The van der Waals surface area contributed by atoms with Crippen LogP contribution in [0.25, 0.3) is 0 Å². The SMILES string of the molecule is N#Cc1ccc(Cl)c(NCCOCC(F)(F)F)c1. The second kappa shape index (κ2) is 6.47. The largest absolute Gasteiger partial charge is 0.411 e. The number of benzene rings is 1. The molecule has 0 radical (unpaired) electrons. The molecular formula is C11H10ClF3N2O. The van der Waals surface area contributed by atoms with Gasteiger partial charge in [-0.2, -0.15) is 18.4 Å². The average molecular weight is 279 g/mol. The number of hydrogen-bond donors (Lipinski definition) is 1. The van der Waals surface area contributed by atoms with Crippen molar-refractivity contribution in [3.05, 3.63) is 28.8 Å². The lowest BCUT2D eigenvalue weighted by atomic mass is 10.2. The van der Waals surface area contributed by atoms with Gasteiger partial charge in [-0.25, -0.2) is 0 Å². The van der Waals surface area contributed by atoms with Crippen LogP contribution >= 0.6 is 11.6 Å². The van der Waals surface area contributed by atoms with E-state index in [0.29, 0.717) is 16.3 Å². The van der Waals surface area contributed by atoms with Crippen LogP contribution in [-0.4, -0.2) is 25.9 Å². The highest BCUT2D eigenvalue weighted by molar-refractivity contribution is 6.33. The lowest BCUT2D eigenvalue weighted by molar-refractivity contribution is -0.172. The Hall–Kier alpha value is -1.45. The number of nitriles is 1. The molecule has 0 saturated carbocycles. The Balaban J connectivity index is 2.38. The molecule has 3 nitrogen and oxygen atoms in total. The van der Waals surface area contributed by atoms with Crippen molar-refractivity contribution >= 4 is 17.3 Å². The quantitative estimate of drug-likeness (QED) is 0.841. The molecule has 1 rings (SSSR count). The summed E-state index contributed by atoms with van der Waals surface area (Å²) in [5.41, 5.74) is 0.907. The third-order valence-electron chi connectivity index (χ3n) is 1.92. The third-order valence-corrected chi connectivity index (χ3v) is 2.25. The van der Waals surface area contributed by atoms with Crippen molar-refractivity contribution in [3.63, 3.8) is 0 Å². The minimum absolute atomic E-state index is 0.105. The van der Waals surface area contributed by atoms with Gasteiger partial charge in [-0.05, 0) is 18.2 Å². The summed E-state index contributed by atoms with van der Waals surface area (Å²) in [5, 5.41) is 11.9. The van der Waals surface area contributed by atoms with Crippen molar-refractivity contribution in [2.75, 3.05) is 25.1 Å². The lowest BCUT2D eigenvalue weighted by Crippen LogP contribution is -2.20. The topological polar surface area (TPSA) is 45.0 Å². The number of rotatable bonds is 5. The first-order valence-electron chi connectivity index (χ1n) is 5.00. The van der Waals surface area contributed by atoms with Gasteiger partial charge in [-0.15, -0.1) is 0 Å². The van der Waals surface area contributed by atoms with E-state index in [-0.39, 0.29) is 13.2 Å². The number of ether oxygens (including phenoxy) is 1. The van der Waals surface area contributed by atoms with Gasteiger partial charge in [0.1, 0.15) is 6.61 Å². The summed E-state index contributed by atoms with van der Waals surface area (Å²) in [6.45, 7) is -1.21. The van der Waals surface area contributed by atoms with Gasteiger partial charge in [0.05, 0.1) is 28.9 Å². The first-order chi connectivity index (χ1) is 8.42. The smallest absolute Gasteiger partial charge is 0.381 e. The Bertz CT molecular complexity index is 443. The number of halogens is 4. The molecule has 98 valence electrons. The fourth-order valence-electron chi connectivity index (χ4n) is 1.18. The summed E-state index contributed by atoms with van der Waals surface area (Å²) in [5.74, 6) is 0. The fourth-order valence-corrected chi connectivity index (χ4v) is 1.36. The molecule has 0 spiro atoms. The van der Waals surface area contributed by atoms with Gasteiger partial charge in [-0.3, -0.25) is 0 Å². The highest BCUT2D eigenvalue weighted by Gasteiger charge is 2.27. The molecule has 0 heterocycles. The van der Waals surface area contributed by atoms with E-state index in [4.69, 9.17) is 16.9 Å². The molecule has 0 saturated heterocycles. The molecule has 0 aliphatic carbocycles. The molecule has 1 N–H and O–H groups in total. The van der Waals surface area contributed by atoms with Crippen LogP contribution in [0, 0.1) is 11.3 Å². The first kappa shape index (κ1) is 14.6. The van der Waals surface area contributed by atoms with Crippen molar-refractivity contribution in [3.8, 4) is 6.07 Å². The van der Waals surface area contributed by atoms with Crippen molar-refractivity contribution in [1.82, 2.24) is 0 Å². The van der Waals surface area contributed by atoms with E-state index in [1.807, 2.05) is 6.07 Å². The fraction of sp³-hybridized carbons (Fsp3) is 0.364. The number of hydrogen-bond acceptors (Lipinski definition) is 3. The molecule has 1 aromatic rings. The summed E-state index contributed by atoms with van der Waals surface area (Å²) >= 11 is 5.85. The highest BCUT2D eigenvalue weighted by Crippen LogP contribution is 2.22. The normalized spacial score (nSPS) is 11.1.